The zero-order valence-electron chi connectivity index (χ0n) is 19.7. The van der Waals surface area contributed by atoms with Crippen LogP contribution in [-0.4, -0.2) is 34.1 Å². The van der Waals surface area contributed by atoms with Crippen LogP contribution in [0.1, 0.15) is 91.9 Å². The van der Waals surface area contributed by atoms with E-state index in [1.807, 2.05) is 0 Å². The van der Waals surface area contributed by atoms with Gasteiger partial charge in [0.05, 0.1) is 12.2 Å². The predicted octanol–water partition coefficient (Wildman–Crippen LogP) is 5.80. The van der Waals surface area contributed by atoms with Crippen molar-refractivity contribution >= 4 is 0 Å². The molecule has 3 saturated carbocycles. The van der Waals surface area contributed by atoms with E-state index in [0.29, 0.717) is 24.2 Å². The molecule has 3 aliphatic carbocycles. The Bertz CT molecular complexity index is 682. The second-order valence-corrected chi connectivity index (χ2v) is 11.7. The van der Waals surface area contributed by atoms with E-state index >= 15 is 0 Å². The first kappa shape index (κ1) is 22.6. The van der Waals surface area contributed by atoms with Gasteiger partial charge in [0.25, 0.3) is 0 Å². The van der Waals surface area contributed by atoms with Crippen molar-refractivity contribution in [3.05, 3.63) is 23.8 Å². The summed E-state index contributed by atoms with van der Waals surface area (Å²) in [7, 11) is 0. The number of aliphatic hydroxyl groups is 2. The molecule has 0 bridgehead atoms. The Labute approximate surface area is 184 Å². The van der Waals surface area contributed by atoms with Gasteiger partial charge in [0.2, 0.25) is 0 Å². The first-order valence-corrected chi connectivity index (χ1v) is 12.6. The number of rotatable bonds is 6. The average molecular weight is 417 g/mol. The maximum atomic E-state index is 10.2. The number of fused-ring (bicyclic) bond motifs is 2. The molecule has 4 aliphatic rings. The quantitative estimate of drug-likeness (QED) is 0.538. The third-order valence-electron chi connectivity index (χ3n) is 9.30. The van der Waals surface area contributed by atoms with Gasteiger partial charge in [0.15, 0.2) is 0 Å². The molecule has 4 fully saturated rings. The van der Waals surface area contributed by atoms with E-state index in [1.54, 1.807) is 0 Å². The van der Waals surface area contributed by atoms with Gasteiger partial charge in [-0.05, 0) is 84.8 Å². The lowest BCUT2D eigenvalue weighted by Gasteiger charge is -2.46. The van der Waals surface area contributed by atoms with Crippen LogP contribution >= 0.6 is 0 Å². The number of epoxide rings is 1. The summed E-state index contributed by atoms with van der Waals surface area (Å²) >= 11 is 0. The first-order valence-electron chi connectivity index (χ1n) is 12.6. The van der Waals surface area contributed by atoms with Gasteiger partial charge in [-0.25, -0.2) is 0 Å². The smallest absolute Gasteiger partial charge is 0.106 e. The first-order chi connectivity index (χ1) is 14.2. The second kappa shape index (κ2) is 8.37. The van der Waals surface area contributed by atoms with Gasteiger partial charge in [-0.15, -0.1) is 0 Å². The Morgan fingerprint density at radius 2 is 1.93 bits per heavy atom. The van der Waals surface area contributed by atoms with Gasteiger partial charge in [-0.2, -0.15) is 0 Å². The molecule has 1 aliphatic heterocycles. The summed E-state index contributed by atoms with van der Waals surface area (Å²) in [6.07, 6.45) is 12.7. The Balaban J connectivity index is 1.46. The van der Waals surface area contributed by atoms with Gasteiger partial charge in [-0.3, -0.25) is 0 Å². The van der Waals surface area contributed by atoms with Crippen molar-refractivity contribution in [3.63, 3.8) is 0 Å². The van der Waals surface area contributed by atoms with Crippen LogP contribution in [0.3, 0.4) is 0 Å². The molecule has 170 valence electrons. The second-order valence-electron chi connectivity index (χ2n) is 11.7. The van der Waals surface area contributed by atoms with Crippen LogP contribution in [0.15, 0.2) is 23.8 Å². The Hall–Kier alpha value is -0.640. The number of hydrogen-bond acceptors (Lipinski definition) is 3. The molecule has 8 atom stereocenters. The molecule has 0 radical (unpaired) electrons. The molecule has 4 rings (SSSR count). The van der Waals surface area contributed by atoms with Gasteiger partial charge < -0.3 is 14.9 Å². The monoisotopic (exact) mass is 416 g/mol. The zero-order valence-corrected chi connectivity index (χ0v) is 19.7. The molecule has 0 aromatic carbocycles. The van der Waals surface area contributed by atoms with Crippen molar-refractivity contribution in [2.45, 2.75) is 116 Å². The molecule has 1 saturated heterocycles. The molecule has 0 unspecified atom stereocenters. The zero-order chi connectivity index (χ0) is 21.7. The van der Waals surface area contributed by atoms with Crippen LogP contribution in [0.2, 0.25) is 0 Å². The number of hydrogen-bond donors (Lipinski definition) is 2. The Morgan fingerprint density at radius 1 is 1.17 bits per heavy atom. The number of aliphatic hydroxyl groups excluding tert-OH is 2. The third kappa shape index (κ3) is 3.95. The summed E-state index contributed by atoms with van der Waals surface area (Å²) in [6.45, 7) is 13.8. The van der Waals surface area contributed by atoms with Crippen LogP contribution in [-0.2, 0) is 4.74 Å². The summed E-state index contributed by atoms with van der Waals surface area (Å²) in [4.78, 5) is 0. The molecule has 2 N–H and O–H groups in total. The fraction of sp³-hybridized carbons (Fsp3) is 0.852. The Kier molecular flexibility index (Phi) is 6.29. The lowest BCUT2D eigenvalue weighted by molar-refractivity contribution is 0.00969. The van der Waals surface area contributed by atoms with Gasteiger partial charge >= 0.3 is 0 Å². The molecule has 0 amide bonds. The van der Waals surface area contributed by atoms with E-state index in [4.69, 9.17) is 4.74 Å². The molecule has 3 nitrogen and oxygen atoms in total. The largest absolute Gasteiger partial charge is 0.393 e. The molecule has 1 spiro atoms. The minimum Gasteiger partial charge on any atom is -0.393 e. The molecule has 30 heavy (non-hydrogen) atoms. The van der Waals surface area contributed by atoms with Crippen molar-refractivity contribution in [2.75, 3.05) is 0 Å². The van der Waals surface area contributed by atoms with Gasteiger partial charge in [0, 0.05) is 6.42 Å². The normalized spacial score (nSPS) is 45.9. The predicted molar refractivity (Wildman–Crippen MR) is 122 cm³/mol. The van der Waals surface area contributed by atoms with Crippen LogP contribution in [0.4, 0.5) is 0 Å². The standard InChI is InChI=1S/C27H44O3/c1-17(2)8-6-9-18(3)22-10-11-24-26(22,5)12-7-13-27(24)25(30-27)15-20-14-21(28)16-23(29)19(20)4/h15,17-18,21-25,28-29H,4,6-14,16H2,1-3,5H3/b20-15-/t18-,21-,22-,23+,24-,25-,26-,27-/m1/s1. The van der Waals surface area contributed by atoms with Crippen molar-refractivity contribution in [3.8, 4) is 0 Å². The maximum absolute atomic E-state index is 10.2. The van der Waals surface area contributed by atoms with Crippen LogP contribution in [0, 0.1) is 29.1 Å². The topological polar surface area (TPSA) is 53.0 Å². The molecular weight excluding hydrogens is 372 g/mol. The summed E-state index contributed by atoms with van der Waals surface area (Å²) in [5, 5.41) is 20.3. The number of ether oxygens (including phenoxy) is 1. The highest BCUT2D eigenvalue weighted by atomic mass is 16.6. The molecule has 0 aromatic heterocycles. The summed E-state index contributed by atoms with van der Waals surface area (Å²) in [5.74, 6) is 3.07. The minimum absolute atomic E-state index is 0.0000342. The van der Waals surface area contributed by atoms with Crippen LogP contribution in [0.25, 0.3) is 0 Å². The van der Waals surface area contributed by atoms with Crippen molar-refractivity contribution in [1.29, 1.82) is 0 Å². The van der Waals surface area contributed by atoms with Crippen molar-refractivity contribution in [1.82, 2.24) is 0 Å². The highest BCUT2D eigenvalue weighted by molar-refractivity contribution is 5.38. The average Bonchev–Trinajstić information content (AvgIpc) is 3.18. The lowest BCUT2D eigenvalue weighted by atomic mass is 9.58. The van der Waals surface area contributed by atoms with E-state index in [0.717, 1.165) is 35.3 Å². The van der Waals surface area contributed by atoms with E-state index in [-0.39, 0.29) is 11.7 Å². The van der Waals surface area contributed by atoms with E-state index < -0.39 is 12.2 Å². The Morgan fingerprint density at radius 3 is 2.67 bits per heavy atom. The lowest BCUT2D eigenvalue weighted by Crippen LogP contribution is -2.44. The highest BCUT2D eigenvalue weighted by Crippen LogP contribution is 2.67. The van der Waals surface area contributed by atoms with E-state index in [9.17, 15) is 10.2 Å². The van der Waals surface area contributed by atoms with Crippen LogP contribution < -0.4 is 0 Å². The highest BCUT2D eigenvalue weighted by Gasteiger charge is 2.68. The summed E-state index contributed by atoms with van der Waals surface area (Å²) in [6, 6.07) is 0. The fourth-order valence-electron chi connectivity index (χ4n) is 7.63. The fourth-order valence-corrected chi connectivity index (χ4v) is 7.63. The molecule has 0 aromatic rings. The maximum Gasteiger partial charge on any atom is 0.106 e. The molecule has 3 heteroatoms. The van der Waals surface area contributed by atoms with E-state index in [2.05, 4.69) is 40.3 Å². The van der Waals surface area contributed by atoms with Crippen LogP contribution in [0.5, 0.6) is 0 Å². The van der Waals surface area contributed by atoms with Crippen molar-refractivity contribution in [2.24, 2.45) is 29.1 Å². The van der Waals surface area contributed by atoms with Gasteiger partial charge in [0.1, 0.15) is 11.7 Å². The van der Waals surface area contributed by atoms with Gasteiger partial charge in [-0.1, -0.05) is 53.5 Å². The summed E-state index contributed by atoms with van der Waals surface area (Å²) in [5.41, 5.74) is 2.20. The summed E-state index contributed by atoms with van der Waals surface area (Å²) < 4.78 is 6.51. The minimum atomic E-state index is -0.617. The SMILES string of the molecule is C=C1/C(=C\[C@H]2O[C@@]23CCC[C@]2(C)[C@@H]([C@H](C)CCCC(C)C)CC[C@H]23)C[C@@H](O)C[C@@H]1O. The third-order valence-corrected chi connectivity index (χ3v) is 9.30. The molecular formula is C27H44O3. The van der Waals surface area contributed by atoms with E-state index in [1.165, 1.54) is 44.9 Å². The molecule has 1 heterocycles. The van der Waals surface area contributed by atoms with Crippen molar-refractivity contribution < 1.29 is 14.9 Å².